The lowest BCUT2D eigenvalue weighted by atomic mass is 9.95. The number of benzene rings is 1. The van der Waals surface area contributed by atoms with Crippen LogP contribution in [0.15, 0.2) is 24.3 Å². The number of aryl methyl sites for hydroxylation is 1. The highest BCUT2D eigenvalue weighted by atomic mass is 32.1. The lowest BCUT2D eigenvalue weighted by Crippen LogP contribution is -2.34. The molecule has 0 amide bonds. The number of thiazole rings is 1. The molecule has 1 atom stereocenters. The molecule has 4 nitrogen and oxygen atoms in total. The molecule has 2 heterocycles. The molecule has 1 fully saturated rings. The molecule has 1 aromatic heterocycles. The van der Waals surface area contributed by atoms with E-state index in [0.29, 0.717) is 12.4 Å². The molecule has 2 aromatic rings. The molecule has 0 saturated carbocycles. The molecule has 3 rings (SSSR count). The molecule has 6 heteroatoms. The maximum absolute atomic E-state index is 13.0. The summed E-state index contributed by atoms with van der Waals surface area (Å²) < 4.78 is 18.7. The molecule has 1 saturated heterocycles. The number of hydrogen-bond donors (Lipinski definition) is 1. The second kappa shape index (κ2) is 9.11. The number of rotatable bonds is 6. The third-order valence-electron chi connectivity index (χ3n) is 5.31. The summed E-state index contributed by atoms with van der Waals surface area (Å²) in [7, 11) is 0. The molecule has 29 heavy (non-hydrogen) atoms. The number of nitrogens with zero attached hydrogens (tertiary/aromatic N) is 2. The van der Waals surface area contributed by atoms with Gasteiger partial charge in [-0.1, -0.05) is 20.8 Å². The Morgan fingerprint density at radius 3 is 2.62 bits per heavy atom. The van der Waals surface area contributed by atoms with Gasteiger partial charge in [0.15, 0.2) is 0 Å². The summed E-state index contributed by atoms with van der Waals surface area (Å²) >= 11 is 1.61. The Morgan fingerprint density at radius 1 is 1.21 bits per heavy atom. The molecule has 0 aliphatic carbocycles. The fraction of sp³-hybridized carbons (Fsp3) is 0.609. The summed E-state index contributed by atoms with van der Waals surface area (Å²) in [5, 5.41) is 12.2. The first-order chi connectivity index (χ1) is 13.6. The average molecular weight is 421 g/mol. The second-order valence-corrected chi connectivity index (χ2v) is 10.4. The molecule has 1 aromatic carbocycles. The van der Waals surface area contributed by atoms with Gasteiger partial charge in [0.25, 0.3) is 0 Å². The Labute approximate surface area is 177 Å². The Balaban J connectivity index is 1.60. The zero-order valence-electron chi connectivity index (χ0n) is 18.0. The average Bonchev–Trinajstić information content (AvgIpc) is 2.91. The minimum atomic E-state index is -0.835. The van der Waals surface area contributed by atoms with Crippen molar-refractivity contribution in [3.05, 3.63) is 45.7 Å². The van der Waals surface area contributed by atoms with Crippen LogP contribution < -0.4 is 4.74 Å². The van der Waals surface area contributed by atoms with Crippen LogP contribution in [0.2, 0.25) is 0 Å². The molecule has 1 unspecified atom stereocenters. The van der Waals surface area contributed by atoms with E-state index in [-0.39, 0.29) is 11.2 Å². The van der Waals surface area contributed by atoms with Crippen LogP contribution in [0.3, 0.4) is 0 Å². The van der Waals surface area contributed by atoms with Crippen LogP contribution in [-0.2, 0) is 12.0 Å². The zero-order chi connectivity index (χ0) is 21.1. The Hall–Kier alpha value is -1.50. The van der Waals surface area contributed by atoms with Crippen LogP contribution >= 0.6 is 11.3 Å². The number of likely N-dealkylation sites (tertiary alicyclic amines) is 1. The SMILES string of the molecule is Cc1nc(C2(O)CCCN(CC(C)(C)C)CC2)sc1CCOc1ccc(F)cc1. The number of aliphatic hydroxyl groups is 1. The predicted octanol–water partition coefficient (Wildman–Crippen LogP) is 4.93. The smallest absolute Gasteiger partial charge is 0.125 e. The highest BCUT2D eigenvalue weighted by molar-refractivity contribution is 7.11. The molecule has 1 N–H and O–H groups in total. The zero-order valence-corrected chi connectivity index (χ0v) is 18.8. The van der Waals surface area contributed by atoms with E-state index < -0.39 is 5.60 Å². The summed E-state index contributed by atoms with van der Waals surface area (Å²) in [6.45, 7) is 12.3. The fourth-order valence-electron chi connectivity index (χ4n) is 3.87. The predicted molar refractivity (Wildman–Crippen MR) is 116 cm³/mol. The van der Waals surface area contributed by atoms with E-state index in [4.69, 9.17) is 9.72 Å². The summed E-state index contributed by atoms with van der Waals surface area (Å²) in [5.74, 6) is 0.396. The van der Waals surface area contributed by atoms with E-state index in [1.54, 1.807) is 23.5 Å². The van der Waals surface area contributed by atoms with Gasteiger partial charge < -0.3 is 14.7 Å². The lowest BCUT2D eigenvalue weighted by molar-refractivity contribution is 0.0200. The van der Waals surface area contributed by atoms with Crippen LogP contribution in [0.5, 0.6) is 5.75 Å². The van der Waals surface area contributed by atoms with Crippen LogP contribution in [0.4, 0.5) is 4.39 Å². The number of aromatic nitrogens is 1. The van der Waals surface area contributed by atoms with Crippen molar-refractivity contribution in [3.63, 3.8) is 0 Å². The molecule has 160 valence electrons. The Bertz CT molecular complexity index is 800. The first-order valence-electron chi connectivity index (χ1n) is 10.4. The van der Waals surface area contributed by atoms with E-state index in [1.165, 1.54) is 12.1 Å². The quantitative estimate of drug-likeness (QED) is 0.720. The van der Waals surface area contributed by atoms with E-state index in [9.17, 15) is 9.50 Å². The molecule has 1 aliphatic heterocycles. The van der Waals surface area contributed by atoms with Crippen molar-refractivity contribution < 1.29 is 14.2 Å². The number of ether oxygens (including phenoxy) is 1. The standard InChI is InChI=1S/C23H33FN2O2S/c1-17-20(10-15-28-19-8-6-18(24)7-9-19)29-21(25-17)23(27)11-5-13-26(14-12-23)16-22(2,3)4/h6-9,27H,5,10-16H2,1-4H3. The number of halogens is 1. The van der Waals surface area contributed by atoms with Crippen molar-refractivity contribution in [1.29, 1.82) is 0 Å². The molecule has 0 bridgehead atoms. The summed E-state index contributed by atoms with van der Waals surface area (Å²) in [4.78, 5) is 8.34. The Kier molecular flexibility index (Phi) is 6.97. The molecular weight excluding hydrogens is 387 g/mol. The molecule has 0 spiro atoms. The van der Waals surface area contributed by atoms with Gasteiger partial charge in [0.05, 0.1) is 12.3 Å². The minimum absolute atomic E-state index is 0.262. The van der Waals surface area contributed by atoms with Crippen molar-refractivity contribution in [3.8, 4) is 5.75 Å². The van der Waals surface area contributed by atoms with Crippen molar-refractivity contribution in [2.75, 3.05) is 26.2 Å². The van der Waals surface area contributed by atoms with Crippen LogP contribution in [-0.4, -0.2) is 41.2 Å². The van der Waals surface area contributed by atoms with Crippen molar-refractivity contribution >= 4 is 11.3 Å². The molecule has 0 radical (unpaired) electrons. The second-order valence-electron chi connectivity index (χ2n) is 9.30. The highest BCUT2D eigenvalue weighted by Crippen LogP contribution is 2.37. The van der Waals surface area contributed by atoms with Crippen molar-refractivity contribution in [2.24, 2.45) is 5.41 Å². The van der Waals surface area contributed by atoms with Crippen molar-refractivity contribution in [1.82, 2.24) is 9.88 Å². The maximum atomic E-state index is 13.0. The Morgan fingerprint density at radius 2 is 1.93 bits per heavy atom. The van der Waals surface area contributed by atoms with E-state index in [2.05, 4.69) is 25.7 Å². The van der Waals surface area contributed by atoms with Gasteiger partial charge in [0.2, 0.25) is 0 Å². The van der Waals surface area contributed by atoms with Gasteiger partial charge in [-0.15, -0.1) is 11.3 Å². The summed E-state index contributed by atoms with van der Waals surface area (Å²) in [5.41, 5.74) is 0.396. The minimum Gasteiger partial charge on any atom is -0.493 e. The van der Waals surface area contributed by atoms with E-state index >= 15 is 0 Å². The maximum Gasteiger partial charge on any atom is 0.125 e. The van der Waals surface area contributed by atoms with Gasteiger partial charge in [-0.05, 0) is 62.4 Å². The topological polar surface area (TPSA) is 45.6 Å². The van der Waals surface area contributed by atoms with Crippen LogP contribution in [0, 0.1) is 18.2 Å². The van der Waals surface area contributed by atoms with E-state index in [1.807, 2.05) is 6.92 Å². The highest BCUT2D eigenvalue weighted by Gasteiger charge is 2.36. The first-order valence-corrected chi connectivity index (χ1v) is 11.3. The van der Waals surface area contributed by atoms with Gasteiger partial charge in [-0.2, -0.15) is 0 Å². The largest absolute Gasteiger partial charge is 0.493 e. The fourth-order valence-corrected chi connectivity index (χ4v) is 5.06. The first kappa shape index (κ1) is 22.2. The van der Waals surface area contributed by atoms with Crippen LogP contribution in [0.1, 0.15) is 55.6 Å². The van der Waals surface area contributed by atoms with Crippen molar-refractivity contribution in [2.45, 2.75) is 59.0 Å². The van der Waals surface area contributed by atoms with E-state index in [0.717, 1.165) is 60.9 Å². The van der Waals surface area contributed by atoms with Gasteiger partial charge in [0.1, 0.15) is 22.2 Å². The third kappa shape index (κ3) is 6.24. The van der Waals surface area contributed by atoms with Gasteiger partial charge in [0, 0.05) is 24.4 Å². The molecular formula is C23H33FN2O2S. The summed E-state index contributed by atoms with van der Waals surface area (Å²) in [6, 6.07) is 6.07. The third-order valence-corrected chi connectivity index (χ3v) is 6.72. The normalized spacial score (nSPS) is 21.2. The summed E-state index contributed by atoms with van der Waals surface area (Å²) in [6.07, 6.45) is 3.19. The molecule has 1 aliphatic rings. The van der Waals surface area contributed by atoms with Crippen LogP contribution in [0.25, 0.3) is 0 Å². The monoisotopic (exact) mass is 420 g/mol. The number of hydrogen-bond acceptors (Lipinski definition) is 5. The lowest BCUT2D eigenvalue weighted by Gasteiger charge is -2.29. The van der Waals surface area contributed by atoms with Gasteiger partial charge in [-0.3, -0.25) is 0 Å². The van der Waals surface area contributed by atoms with Gasteiger partial charge >= 0.3 is 0 Å². The van der Waals surface area contributed by atoms with Gasteiger partial charge in [-0.25, -0.2) is 9.37 Å².